The molecule has 1 aromatic rings. The number of ether oxygens (including phenoxy) is 2. The molecule has 0 spiro atoms. The number of hydrogen-bond acceptors (Lipinski definition) is 7. The normalized spacial score (nSPS) is 11.2. The predicted octanol–water partition coefficient (Wildman–Crippen LogP) is 1.46. The second-order valence-corrected chi connectivity index (χ2v) is 6.17. The monoisotopic (exact) mass is 341 g/mol. The topological polar surface area (TPSA) is 113 Å². The van der Waals surface area contributed by atoms with Crippen molar-refractivity contribution in [1.82, 2.24) is 0 Å². The van der Waals surface area contributed by atoms with Crippen LogP contribution in [-0.2, 0) is 18.5 Å². The SMILES string of the molecule is COCCOC(=O)c1cc([N+](=O)[O-])c(F)c(S(=O)(=O)Cl)c1. The Morgan fingerprint density at radius 1 is 1.43 bits per heavy atom. The summed E-state index contributed by atoms with van der Waals surface area (Å²) in [5, 5.41) is 10.7. The second kappa shape index (κ2) is 6.78. The van der Waals surface area contributed by atoms with Crippen LogP contribution in [0.3, 0.4) is 0 Å². The van der Waals surface area contributed by atoms with Gasteiger partial charge in [-0.2, -0.15) is 4.39 Å². The molecule has 11 heteroatoms. The van der Waals surface area contributed by atoms with Crippen molar-refractivity contribution in [2.45, 2.75) is 4.90 Å². The zero-order valence-corrected chi connectivity index (χ0v) is 12.1. The molecule has 0 bridgehead atoms. The van der Waals surface area contributed by atoms with Crippen LogP contribution in [-0.4, -0.2) is 39.6 Å². The summed E-state index contributed by atoms with van der Waals surface area (Å²) in [4.78, 5) is 20.0. The van der Waals surface area contributed by atoms with E-state index in [2.05, 4.69) is 9.47 Å². The number of halogens is 2. The summed E-state index contributed by atoms with van der Waals surface area (Å²) in [5.74, 6) is -2.72. The lowest BCUT2D eigenvalue weighted by molar-refractivity contribution is -0.387. The number of hydrogen-bond donors (Lipinski definition) is 0. The minimum Gasteiger partial charge on any atom is -0.460 e. The molecule has 0 aromatic heterocycles. The number of carbonyl (C=O) groups is 1. The third kappa shape index (κ3) is 4.34. The van der Waals surface area contributed by atoms with Gasteiger partial charge in [-0.25, -0.2) is 13.2 Å². The molecular formula is C10H9ClFNO7S. The maximum atomic E-state index is 13.7. The predicted molar refractivity (Wildman–Crippen MR) is 68.3 cm³/mol. The summed E-state index contributed by atoms with van der Waals surface area (Å²) in [6.07, 6.45) is 0. The average Bonchev–Trinajstić information content (AvgIpc) is 2.37. The van der Waals surface area contributed by atoms with E-state index in [1.807, 2.05) is 0 Å². The Kier molecular flexibility index (Phi) is 5.58. The first-order valence-electron chi connectivity index (χ1n) is 5.27. The van der Waals surface area contributed by atoms with Crippen molar-refractivity contribution < 1.29 is 32.0 Å². The average molecular weight is 342 g/mol. The molecule has 0 heterocycles. The highest BCUT2D eigenvalue weighted by Crippen LogP contribution is 2.28. The molecule has 21 heavy (non-hydrogen) atoms. The quantitative estimate of drug-likeness (QED) is 0.253. The van der Waals surface area contributed by atoms with Crippen LogP contribution in [0.2, 0.25) is 0 Å². The Bertz CT molecular complexity index is 676. The van der Waals surface area contributed by atoms with E-state index in [1.54, 1.807) is 0 Å². The van der Waals surface area contributed by atoms with Gasteiger partial charge < -0.3 is 9.47 Å². The van der Waals surface area contributed by atoms with Crippen LogP contribution >= 0.6 is 10.7 Å². The summed E-state index contributed by atoms with van der Waals surface area (Å²) in [6.45, 7) is -0.0981. The highest BCUT2D eigenvalue weighted by Gasteiger charge is 2.28. The first-order chi connectivity index (χ1) is 9.68. The van der Waals surface area contributed by atoms with E-state index in [-0.39, 0.29) is 13.2 Å². The van der Waals surface area contributed by atoms with Crippen LogP contribution in [0.15, 0.2) is 17.0 Å². The van der Waals surface area contributed by atoms with Crippen LogP contribution in [0.25, 0.3) is 0 Å². The Morgan fingerprint density at radius 3 is 2.52 bits per heavy atom. The first kappa shape index (κ1) is 17.3. The summed E-state index contributed by atoms with van der Waals surface area (Å²) in [5.41, 5.74) is -1.71. The number of carbonyl (C=O) groups excluding carboxylic acids is 1. The van der Waals surface area contributed by atoms with E-state index in [0.29, 0.717) is 12.1 Å². The largest absolute Gasteiger partial charge is 0.460 e. The van der Waals surface area contributed by atoms with Gasteiger partial charge in [-0.15, -0.1) is 0 Å². The Hall–Kier alpha value is -1.78. The highest BCUT2D eigenvalue weighted by molar-refractivity contribution is 8.13. The molecule has 116 valence electrons. The van der Waals surface area contributed by atoms with Gasteiger partial charge in [-0.05, 0) is 6.07 Å². The number of esters is 1. The first-order valence-corrected chi connectivity index (χ1v) is 7.58. The molecule has 0 radical (unpaired) electrons. The fourth-order valence-electron chi connectivity index (χ4n) is 1.31. The van der Waals surface area contributed by atoms with E-state index >= 15 is 0 Å². The third-order valence-electron chi connectivity index (χ3n) is 2.24. The minimum absolute atomic E-state index is 0.0652. The van der Waals surface area contributed by atoms with Crippen molar-refractivity contribution in [2.75, 3.05) is 20.3 Å². The van der Waals surface area contributed by atoms with Gasteiger partial charge in [0.15, 0.2) is 0 Å². The van der Waals surface area contributed by atoms with Gasteiger partial charge >= 0.3 is 11.7 Å². The van der Waals surface area contributed by atoms with E-state index < -0.39 is 41.9 Å². The van der Waals surface area contributed by atoms with Crippen LogP contribution in [0.5, 0.6) is 0 Å². The zero-order valence-electron chi connectivity index (χ0n) is 10.5. The van der Waals surface area contributed by atoms with Crippen molar-refractivity contribution in [3.05, 3.63) is 33.6 Å². The van der Waals surface area contributed by atoms with Gasteiger partial charge in [0.1, 0.15) is 11.5 Å². The number of nitro benzene ring substituents is 1. The van der Waals surface area contributed by atoms with Gasteiger partial charge in [0, 0.05) is 23.9 Å². The van der Waals surface area contributed by atoms with Gasteiger partial charge in [0.05, 0.1) is 17.1 Å². The standard InChI is InChI=1S/C10H9ClFNO7S/c1-19-2-3-20-10(14)6-4-7(13(15)16)9(12)8(5-6)21(11,17)18/h4-5H,2-3H2,1H3. The van der Waals surface area contributed by atoms with Crippen LogP contribution in [0.4, 0.5) is 10.1 Å². The Labute approximate surface area is 123 Å². The van der Waals surface area contributed by atoms with Crippen LogP contribution < -0.4 is 0 Å². The number of nitrogens with zero attached hydrogens (tertiary/aromatic N) is 1. The number of benzene rings is 1. The van der Waals surface area contributed by atoms with E-state index in [0.717, 1.165) is 0 Å². The fraction of sp³-hybridized carbons (Fsp3) is 0.300. The zero-order chi connectivity index (χ0) is 16.2. The molecule has 0 atom stereocenters. The number of nitro groups is 1. The lowest BCUT2D eigenvalue weighted by Crippen LogP contribution is -2.12. The van der Waals surface area contributed by atoms with Crippen molar-refractivity contribution in [3.63, 3.8) is 0 Å². The lowest BCUT2D eigenvalue weighted by atomic mass is 10.2. The summed E-state index contributed by atoms with van der Waals surface area (Å²) in [6, 6.07) is 1.13. The summed E-state index contributed by atoms with van der Waals surface area (Å²) >= 11 is 0. The van der Waals surface area contributed by atoms with Crippen molar-refractivity contribution in [1.29, 1.82) is 0 Å². The molecule has 1 aromatic carbocycles. The minimum atomic E-state index is -4.61. The maximum Gasteiger partial charge on any atom is 0.338 e. The van der Waals surface area contributed by atoms with Crippen LogP contribution in [0.1, 0.15) is 10.4 Å². The molecular weight excluding hydrogens is 333 g/mol. The van der Waals surface area contributed by atoms with E-state index in [9.17, 15) is 27.7 Å². The second-order valence-electron chi connectivity index (χ2n) is 3.63. The molecule has 0 amide bonds. The van der Waals surface area contributed by atoms with Crippen molar-refractivity contribution >= 4 is 31.4 Å². The van der Waals surface area contributed by atoms with E-state index in [1.165, 1.54) is 7.11 Å². The van der Waals surface area contributed by atoms with E-state index in [4.69, 9.17) is 10.7 Å². The summed E-state index contributed by atoms with van der Waals surface area (Å²) in [7, 11) is 1.73. The molecule has 1 rings (SSSR count). The molecule has 0 aliphatic carbocycles. The molecule has 0 saturated carbocycles. The Balaban J connectivity index is 3.31. The van der Waals surface area contributed by atoms with Crippen LogP contribution in [0, 0.1) is 15.9 Å². The number of rotatable bonds is 6. The van der Waals surface area contributed by atoms with Gasteiger partial charge in [0.25, 0.3) is 9.05 Å². The maximum absolute atomic E-state index is 13.7. The Morgan fingerprint density at radius 2 is 2.05 bits per heavy atom. The summed E-state index contributed by atoms with van der Waals surface area (Å²) < 4.78 is 45.4. The molecule has 0 unspecified atom stereocenters. The molecule has 0 aliphatic heterocycles. The lowest BCUT2D eigenvalue weighted by Gasteiger charge is -2.06. The molecule has 0 fully saturated rings. The van der Waals surface area contributed by atoms with Crippen molar-refractivity contribution in [3.8, 4) is 0 Å². The van der Waals surface area contributed by atoms with Gasteiger partial charge in [-0.1, -0.05) is 0 Å². The highest BCUT2D eigenvalue weighted by atomic mass is 35.7. The number of methoxy groups -OCH3 is 1. The van der Waals surface area contributed by atoms with Gasteiger partial charge in [0.2, 0.25) is 5.82 Å². The smallest absolute Gasteiger partial charge is 0.338 e. The van der Waals surface area contributed by atoms with Crippen molar-refractivity contribution in [2.24, 2.45) is 0 Å². The third-order valence-corrected chi connectivity index (χ3v) is 3.56. The van der Waals surface area contributed by atoms with Gasteiger partial charge in [-0.3, -0.25) is 10.1 Å². The molecule has 0 saturated heterocycles. The molecule has 0 N–H and O–H groups in total. The molecule has 8 nitrogen and oxygen atoms in total. The fourth-order valence-corrected chi connectivity index (χ4v) is 2.24. The molecule has 0 aliphatic rings.